The van der Waals surface area contributed by atoms with E-state index < -0.39 is 0 Å². The number of tetrazole rings is 1. The Labute approximate surface area is 90.2 Å². The fraction of sp³-hybridized carbons (Fsp3) is 0.900. The van der Waals surface area contributed by atoms with E-state index in [4.69, 9.17) is 0 Å². The predicted molar refractivity (Wildman–Crippen MR) is 57.3 cm³/mol. The summed E-state index contributed by atoms with van der Waals surface area (Å²) in [5.41, 5.74) is 0. The van der Waals surface area contributed by atoms with Gasteiger partial charge in [0.15, 0.2) is 5.82 Å². The number of hydrogen-bond donors (Lipinski definition) is 1. The van der Waals surface area contributed by atoms with Crippen LogP contribution in [0, 0.1) is 5.92 Å². The van der Waals surface area contributed by atoms with Crippen LogP contribution in [0.2, 0.25) is 0 Å². The second-order valence-corrected chi connectivity index (χ2v) is 4.32. The van der Waals surface area contributed by atoms with Crippen LogP contribution in [0.25, 0.3) is 0 Å². The molecule has 0 bridgehead atoms. The molecule has 1 fully saturated rings. The molecule has 0 aromatic carbocycles. The molecule has 0 radical (unpaired) electrons. The monoisotopic (exact) mass is 209 g/mol. The van der Waals surface area contributed by atoms with Crippen LogP contribution in [0.3, 0.4) is 0 Å². The summed E-state index contributed by atoms with van der Waals surface area (Å²) in [4.78, 5) is 1.52. The van der Waals surface area contributed by atoms with Crippen molar-refractivity contribution in [2.75, 3.05) is 7.05 Å². The molecule has 1 saturated carbocycles. The number of nitrogens with one attached hydrogen (secondary N) is 1. The summed E-state index contributed by atoms with van der Waals surface area (Å²) in [5, 5.41) is 15.4. The van der Waals surface area contributed by atoms with Crippen molar-refractivity contribution in [3.63, 3.8) is 0 Å². The smallest absolute Gasteiger partial charge is 0.174 e. The second-order valence-electron chi connectivity index (χ2n) is 4.32. The highest BCUT2D eigenvalue weighted by molar-refractivity contribution is 4.86. The quantitative estimate of drug-likeness (QED) is 0.742. The van der Waals surface area contributed by atoms with Crippen molar-refractivity contribution in [3.8, 4) is 0 Å². The lowest BCUT2D eigenvalue weighted by molar-refractivity contribution is 0.454. The Bertz CT molecular complexity index is 305. The number of aryl methyl sites for hydroxylation is 2. The molecule has 1 aromatic heterocycles. The summed E-state index contributed by atoms with van der Waals surface area (Å²) >= 11 is 0. The Morgan fingerprint density at radius 1 is 1.53 bits per heavy atom. The maximum Gasteiger partial charge on any atom is 0.174 e. The third kappa shape index (κ3) is 2.99. The zero-order chi connectivity index (χ0) is 10.7. The minimum absolute atomic E-state index is 0.696. The van der Waals surface area contributed by atoms with Gasteiger partial charge in [-0.3, -0.25) is 0 Å². The first kappa shape index (κ1) is 10.5. The third-order valence-corrected chi connectivity index (χ3v) is 3.03. The molecule has 84 valence electrons. The van der Waals surface area contributed by atoms with Gasteiger partial charge in [0.25, 0.3) is 0 Å². The van der Waals surface area contributed by atoms with E-state index in [1.807, 2.05) is 0 Å². The zero-order valence-electron chi connectivity index (χ0n) is 9.48. The molecule has 1 N–H and O–H groups in total. The van der Waals surface area contributed by atoms with Crippen molar-refractivity contribution < 1.29 is 0 Å². The van der Waals surface area contributed by atoms with Gasteiger partial charge in [-0.25, -0.2) is 0 Å². The summed E-state index contributed by atoms with van der Waals surface area (Å²) in [6, 6.07) is 0.696. The molecule has 5 nitrogen and oxygen atoms in total. The minimum Gasteiger partial charge on any atom is -0.317 e. The highest BCUT2D eigenvalue weighted by Gasteiger charge is 2.29. The maximum absolute atomic E-state index is 4.17. The Morgan fingerprint density at radius 2 is 2.33 bits per heavy atom. The lowest BCUT2D eigenvalue weighted by atomic mass is 10.1. The first-order valence-corrected chi connectivity index (χ1v) is 5.69. The van der Waals surface area contributed by atoms with Gasteiger partial charge in [0, 0.05) is 12.5 Å². The van der Waals surface area contributed by atoms with Gasteiger partial charge >= 0.3 is 0 Å². The van der Waals surface area contributed by atoms with Crippen LogP contribution in [0.5, 0.6) is 0 Å². The Balaban J connectivity index is 1.69. The van der Waals surface area contributed by atoms with E-state index in [0.717, 1.165) is 24.6 Å². The molecule has 0 amide bonds. The van der Waals surface area contributed by atoms with Gasteiger partial charge in [0.1, 0.15) is 0 Å². The van der Waals surface area contributed by atoms with E-state index in [1.165, 1.54) is 24.1 Å². The molecule has 0 aliphatic heterocycles. The maximum atomic E-state index is 4.17. The average Bonchev–Trinajstić information content (AvgIpc) is 2.98. The molecule has 0 spiro atoms. The van der Waals surface area contributed by atoms with E-state index in [2.05, 4.69) is 27.8 Å². The van der Waals surface area contributed by atoms with Gasteiger partial charge in [0.2, 0.25) is 0 Å². The lowest BCUT2D eigenvalue weighted by Gasteiger charge is -2.13. The van der Waals surface area contributed by atoms with Gasteiger partial charge in [-0.1, -0.05) is 0 Å². The van der Waals surface area contributed by atoms with E-state index in [1.54, 1.807) is 7.05 Å². The van der Waals surface area contributed by atoms with Crippen LogP contribution < -0.4 is 5.32 Å². The standard InChI is InChI=1S/C10H19N5/c1-11-9(8-6-7-8)4-3-5-10-12-14-15(2)13-10/h8-9,11H,3-7H2,1-2H3. The van der Waals surface area contributed by atoms with E-state index in [9.17, 15) is 0 Å². The Hall–Kier alpha value is -0.970. The first-order chi connectivity index (χ1) is 7.29. The van der Waals surface area contributed by atoms with Crippen LogP contribution in [-0.2, 0) is 13.5 Å². The average molecular weight is 209 g/mol. The van der Waals surface area contributed by atoms with Crippen LogP contribution in [0.15, 0.2) is 0 Å². The SMILES string of the molecule is CNC(CCCc1nnn(C)n1)C1CC1. The fourth-order valence-electron chi connectivity index (χ4n) is 2.02. The number of hydrogen-bond acceptors (Lipinski definition) is 4. The number of nitrogens with zero attached hydrogens (tertiary/aromatic N) is 4. The summed E-state index contributed by atoms with van der Waals surface area (Å²) in [6.45, 7) is 0. The lowest BCUT2D eigenvalue weighted by Crippen LogP contribution is -2.27. The molecule has 1 unspecified atom stereocenters. The minimum atomic E-state index is 0.696. The highest BCUT2D eigenvalue weighted by Crippen LogP contribution is 2.34. The molecule has 1 atom stereocenters. The van der Waals surface area contributed by atoms with E-state index >= 15 is 0 Å². The number of aromatic nitrogens is 4. The Kier molecular flexibility index (Phi) is 3.30. The largest absolute Gasteiger partial charge is 0.317 e. The van der Waals surface area contributed by atoms with Gasteiger partial charge in [-0.05, 0) is 43.9 Å². The van der Waals surface area contributed by atoms with Crippen LogP contribution in [0.1, 0.15) is 31.5 Å². The van der Waals surface area contributed by atoms with Crippen molar-refractivity contribution in [1.29, 1.82) is 0 Å². The van der Waals surface area contributed by atoms with Crippen molar-refractivity contribution in [3.05, 3.63) is 5.82 Å². The summed E-state index contributed by atoms with van der Waals surface area (Å²) in [5.74, 6) is 1.79. The fourth-order valence-corrected chi connectivity index (χ4v) is 2.02. The molecular weight excluding hydrogens is 190 g/mol. The third-order valence-electron chi connectivity index (χ3n) is 3.03. The van der Waals surface area contributed by atoms with Gasteiger partial charge in [0.05, 0.1) is 7.05 Å². The van der Waals surface area contributed by atoms with Crippen LogP contribution >= 0.6 is 0 Å². The molecular formula is C10H19N5. The molecule has 1 aliphatic rings. The summed E-state index contributed by atoms with van der Waals surface area (Å²) in [6.07, 6.45) is 6.11. The molecule has 2 rings (SSSR count). The van der Waals surface area contributed by atoms with E-state index in [-0.39, 0.29) is 0 Å². The van der Waals surface area contributed by atoms with Gasteiger partial charge < -0.3 is 5.32 Å². The number of rotatable bonds is 6. The van der Waals surface area contributed by atoms with Crippen molar-refractivity contribution in [2.24, 2.45) is 13.0 Å². The molecule has 1 aromatic rings. The molecule has 1 heterocycles. The van der Waals surface area contributed by atoms with Crippen LogP contribution in [-0.4, -0.2) is 33.3 Å². The Morgan fingerprint density at radius 3 is 2.87 bits per heavy atom. The summed E-state index contributed by atoms with van der Waals surface area (Å²) in [7, 11) is 3.86. The van der Waals surface area contributed by atoms with E-state index in [0.29, 0.717) is 6.04 Å². The van der Waals surface area contributed by atoms with Gasteiger partial charge in [-0.2, -0.15) is 4.80 Å². The summed E-state index contributed by atoms with van der Waals surface area (Å²) < 4.78 is 0. The molecule has 0 saturated heterocycles. The van der Waals surface area contributed by atoms with Crippen LogP contribution in [0.4, 0.5) is 0 Å². The molecule has 15 heavy (non-hydrogen) atoms. The molecule has 1 aliphatic carbocycles. The topological polar surface area (TPSA) is 55.6 Å². The second kappa shape index (κ2) is 4.70. The van der Waals surface area contributed by atoms with Crippen molar-refractivity contribution in [2.45, 2.75) is 38.1 Å². The predicted octanol–water partition coefficient (Wildman–Crippen LogP) is 0.531. The molecule has 5 heteroatoms. The first-order valence-electron chi connectivity index (χ1n) is 5.69. The normalized spacial score (nSPS) is 18.0. The van der Waals surface area contributed by atoms with Crippen molar-refractivity contribution >= 4 is 0 Å². The zero-order valence-corrected chi connectivity index (χ0v) is 9.48. The van der Waals surface area contributed by atoms with Crippen molar-refractivity contribution in [1.82, 2.24) is 25.5 Å². The highest BCUT2D eigenvalue weighted by atomic mass is 15.6. The van der Waals surface area contributed by atoms with Gasteiger partial charge in [-0.15, -0.1) is 10.2 Å².